The number of nitrogens with one attached hydrogen (secondary N) is 1. The Kier molecular flexibility index (Phi) is 2.48. The molecule has 0 atom stereocenters. The van der Waals surface area contributed by atoms with Gasteiger partial charge in [0.25, 0.3) is 0 Å². The van der Waals surface area contributed by atoms with Gasteiger partial charge in [-0.2, -0.15) is 5.10 Å². The first-order valence-corrected chi connectivity index (χ1v) is 6.11. The fourth-order valence-corrected chi connectivity index (χ4v) is 2.61. The summed E-state index contributed by atoms with van der Waals surface area (Å²) < 4.78 is 0. The van der Waals surface area contributed by atoms with E-state index >= 15 is 0 Å². The van der Waals surface area contributed by atoms with Gasteiger partial charge in [-0.05, 0) is 31.4 Å². The molecule has 0 saturated carbocycles. The van der Waals surface area contributed by atoms with Crippen LogP contribution in [0.25, 0.3) is 10.9 Å². The van der Waals surface area contributed by atoms with Gasteiger partial charge in [-0.25, -0.2) is 0 Å². The molecule has 0 amide bonds. The highest BCUT2D eigenvalue weighted by Crippen LogP contribution is 2.31. The van der Waals surface area contributed by atoms with Crippen molar-refractivity contribution in [2.75, 3.05) is 18.0 Å². The van der Waals surface area contributed by atoms with Crippen LogP contribution < -0.4 is 4.90 Å². The molecule has 1 N–H and O–H groups in total. The predicted molar refractivity (Wildman–Crippen MR) is 67.2 cm³/mol. The fourth-order valence-electron chi connectivity index (χ4n) is 2.35. The number of fused-ring (bicyclic) bond motifs is 1. The minimum Gasteiger partial charge on any atom is -0.355 e. The summed E-state index contributed by atoms with van der Waals surface area (Å²) in [6.45, 7) is 2.18. The quantitative estimate of drug-likeness (QED) is 0.823. The molecule has 0 radical (unpaired) electrons. The number of rotatable bonds is 1. The summed E-state index contributed by atoms with van der Waals surface area (Å²) in [7, 11) is 0. The van der Waals surface area contributed by atoms with Crippen LogP contribution in [0.3, 0.4) is 0 Å². The standard InChI is InChI=1S/C12H14ClN3/c13-9-5-4-6-10-11(9)12(15-14-10)16-7-2-1-3-8-16/h4-6H,1-3,7-8H2,(H,14,15). The van der Waals surface area contributed by atoms with Crippen molar-refractivity contribution in [2.45, 2.75) is 19.3 Å². The van der Waals surface area contributed by atoms with E-state index in [-0.39, 0.29) is 0 Å². The van der Waals surface area contributed by atoms with E-state index < -0.39 is 0 Å². The van der Waals surface area contributed by atoms with Crippen LogP contribution in [-0.4, -0.2) is 23.3 Å². The van der Waals surface area contributed by atoms with Crippen molar-refractivity contribution in [3.63, 3.8) is 0 Å². The Morgan fingerprint density at radius 2 is 2.00 bits per heavy atom. The lowest BCUT2D eigenvalue weighted by atomic mass is 10.1. The van der Waals surface area contributed by atoms with Gasteiger partial charge in [-0.15, -0.1) is 0 Å². The number of benzene rings is 1. The molecule has 3 nitrogen and oxygen atoms in total. The number of nitrogens with zero attached hydrogens (tertiary/aromatic N) is 2. The van der Waals surface area contributed by atoms with E-state index in [2.05, 4.69) is 15.1 Å². The first-order chi connectivity index (χ1) is 7.86. The molecule has 1 aromatic carbocycles. The minimum atomic E-state index is 0.784. The van der Waals surface area contributed by atoms with Crippen LogP contribution in [0.2, 0.25) is 5.02 Å². The zero-order valence-corrected chi connectivity index (χ0v) is 9.80. The first-order valence-electron chi connectivity index (χ1n) is 5.74. The second-order valence-electron chi connectivity index (χ2n) is 4.26. The Labute approximate surface area is 99.4 Å². The molecule has 84 valence electrons. The summed E-state index contributed by atoms with van der Waals surface area (Å²) in [5.41, 5.74) is 1.02. The van der Waals surface area contributed by atoms with Crippen molar-refractivity contribution in [3.8, 4) is 0 Å². The van der Waals surface area contributed by atoms with Gasteiger partial charge in [0.1, 0.15) is 0 Å². The van der Waals surface area contributed by atoms with Crippen molar-refractivity contribution in [2.24, 2.45) is 0 Å². The van der Waals surface area contributed by atoms with Crippen LogP contribution in [0.1, 0.15) is 19.3 Å². The van der Waals surface area contributed by atoms with E-state index in [9.17, 15) is 0 Å². The number of aromatic nitrogens is 2. The molecule has 3 rings (SSSR count). The van der Waals surface area contributed by atoms with Crippen molar-refractivity contribution in [1.82, 2.24) is 10.2 Å². The topological polar surface area (TPSA) is 31.9 Å². The first kappa shape index (κ1) is 9.97. The van der Waals surface area contributed by atoms with Gasteiger partial charge in [-0.3, -0.25) is 5.10 Å². The van der Waals surface area contributed by atoms with Crippen molar-refractivity contribution in [1.29, 1.82) is 0 Å². The third kappa shape index (κ3) is 1.55. The van der Waals surface area contributed by atoms with Gasteiger partial charge in [0.15, 0.2) is 5.82 Å². The highest BCUT2D eigenvalue weighted by Gasteiger charge is 2.17. The molecule has 1 aliphatic heterocycles. The van der Waals surface area contributed by atoms with Crippen LogP contribution in [-0.2, 0) is 0 Å². The van der Waals surface area contributed by atoms with Crippen LogP contribution in [0.5, 0.6) is 0 Å². The maximum Gasteiger partial charge on any atom is 0.159 e. The summed E-state index contributed by atoms with van der Waals surface area (Å²) >= 11 is 6.24. The lowest BCUT2D eigenvalue weighted by Crippen LogP contribution is -2.29. The van der Waals surface area contributed by atoms with Crippen LogP contribution in [0.15, 0.2) is 18.2 Å². The van der Waals surface area contributed by atoms with E-state index in [1.807, 2.05) is 18.2 Å². The van der Waals surface area contributed by atoms with Crippen LogP contribution >= 0.6 is 11.6 Å². The molecule has 1 saturated heterocycles. The lowest BCUT2D eigenvalue weighted by molar-refractivity contribution is 0.574. The highest BCUT2D eigenvalue weighted by atomic mass is 35.5. The molecule has 16 heavy (non-hydrogen) atoms. The molecular weight excluding hydrogens is 222 g/mol. The Bertz CT molecular complexity index is 500. The van der Waals surface area contributed by atoms with E-state index in [4.69, 9.17) is 11.6 Å². The number of H-pyrrole nitrogens is 1. The number of anilines is 1. The number of piperidine rings is 1. The Morgan fingerprint density at radius 3 is 2.81 bits per heavy atom. The predicted octanol–water partition coefficient (Wildman–Crippen LogP) is 3.21. The maximum atomic E-state index is 6.24. The molecular formula is C12H14ClN3. The molecule has 2 heterocycles. The average molecular weight is 236 g/mol. The smallest absolute Gasteiger partial charge is 0.159 e. The van der Waals surface area contributed by atoms with E-state index in [0.717, 1.165) is 34.8 Å². The SMILES string of the molecule is Clc1cccc2[nH]nc(N3CCCCC3)c12. The van der Waals surface area contributed by atoms with Gasteiger partial charge in [0, 0.05) is 13.1 Å². The largest absolute Gasteiger partial charge is 0.355 e. The summed E-state index contributed by atoms with van der Waals surface area (Å²) in [6, 6.07) is 5.89. The Hall–Kier alpha value is -1.22. The molecule has 0 bridgehead atoms. The van der Waals surface area contributed by atoms with E-state index in [1.54, 1.807) is 0 Å². The van der Waals surface area contributed by atoms with Crippen molar-refractivity contribution < 1.29 is 0 Å². The van der Waals surface area contributed by atoms with Gasteiger partial charge < -0.3 is 4.90 Å². The molecule has 0 spiro atoms. The van der Waals surface area contributed by atoms with Gasteiger partial charge in [0.05, 0.1) is 15.9 Å². The zero-order chi connectivity index (χ0) is 11.0. The third-order valence-electron chi connectivity index (χ3n) is 3.18. The van der Waals surface area contributed by atoms with Crippen LogP contribution in [0.4, 0.5) is 5.82 Å². The Morgan fingerprint density at radius 1 is 1.19 bits per heavy atom. The van der Waals surface area contributed by atoms with Gasteiger partial charge >= 0.3 is 0 Å². The second kappa shape index (κ2) is 3.98. The lowest BCUT2D eigenvalue weighted by Gasteiger charge is -2.26. The molecule has 4 heteroatoms. The van der Waals surface area contributed by atoms with Crippen LogP contribution in [0, 0.1) is 0 Å². The monoisotopic (exact) mass is 235 g/mol. The van der Waals surface area contributed by atoms with Crippen molar-refractivity contribution >= 4 is 28.3 Å². The molecule has 1 fully saturated rings. The summed E-state index contributed by atoms with van der Waals surface area (Å²) in [5, 5.41) is 9.29. The summed E-state index contributed by atoms with van der Waals surface area (Å²) in [6.07, 6.45) is 3.82. The molecule has 1 aromatic heterocycles. The van der Waals surface area contributed by atoms with Crippen molar-refractivity contribution in [3.05, 3.63) is 23.2 Å². The Balaban J connectivity index is 2.09. The normalized spacial score (nSPS) is 16.9. The number of hydrogen-bond acceptors (Lipinski definition) is 2. The molecule has 0 aliphatic carbocycles. The van der Waals surface area contributed by atoms with Gasteiger partial charge in [-0.1, -0.05) is 17.7 Å². The van der Waals surface area contributed by atoms with Gasteiger partial charge in [0.2, 0.25) is 0 Å². The average Bonchev–Trinajstić information content (AvgIpc) is 2.75. The molecule has 1 aliphatic rings. The fraction of sp³-hybridized carbons (Fsp3) is 0.417. The third-order valence-corrected chi connectivity index (χ3v) is 3.49. The molecule has 0 unspecified atom stereocenters. The maximum absolute atomic E-state index is 6.24. The molecule has 2 aromatic rings. The van der Waals surface area contributed by atoms with E-state index in [1.165, 1.54) is 19.3 Å². The summed E-state index contributed by atoms with van der Waals surface area (Å²) in [5.74, 6) is 1.01. The highest BCUT2D eigenvalue weighted by molar-refractivity contribution is 6.36. The number of aromatic amines is 1. The second-order valence-corrected chi connectivity index (χ2v) is 4.66. The zero-order valence-electron chi connectivity index (χ0n) is 9.04. The number of halogens is 1. The minimum absolute atomic E-state index is 0.784. The van der Waals surface area contributed by atoms with E-state index in [0.29, 0.717) is 0 Å². The summed E-state index contributed by atoms with van der Waals surface area (Å²) in [4.78, 5) is 2.33. The number of hydrogen-bond donors (Lipinski definition) is 1.